The fraction of sp³-hybridized carbons (Fsp3) is 0.611. The predicted molar refractivity (Wildman–Crippen MR) is 99.5 cm³/mol. The molecule has 8 heteroatoms. The van der Waals surface area contributed by atoms with Crippen molar-refractivity contribution < 1.29 is 17.6 Å². The van der Waals surface area contributed by atoms with Crippen LogP contribution in [0.2, 0.25) is 0 Å². The van der Waals surface area contributed by atoms with Crippen molar-refractivity contribution in [1.82, 2.24) is 9.80 Å². The van der Waals surface area contributed by atoms with Crippen molar-refractivity contribution in [2.24, 2.45) is 0 Å². The first-order chi connectivity index (χ1) is 12.3. The predicted octanol–water partition coefficient (Wildman–Crippen LogP) is 0.983. The molecule has 1 amide bonds. The maximum Gasteiger partial charge on any atom is 0.223 e. The number of carbonyl (C=O) groups is 1. The molecule has 3 rings (SSSR count). The Hall–Kier alpha value is -1.67. The van der Waals surface area contributed by atoms with Crippen molar-refractivity contribution in [3.05, 3.63) is 30.1 Å². The third-order valence-corrected chi connectivity index (χ3v) is 7.08. The molecule has 6 nitrogen and oxygen atoms in total. The Morgan fingerprint density at radius 2 is 1.85 bits per heavy atom. The number of hydrogen-bond donors (Lipinski definition) is 0. The lowest BCUT2D eigenvalue weighted by atomic mass is 10.2. The Bertz CT molecular complexity index is 731. The molecular formula is C18H26FN3O3S. The molecule has 1 aromatic rings. The van der Waals surface area contributed by atoms with Crippen molar-refractivity contribution in [3.8, 4) is 0 Å². The number of piperazine rings is 1. The molecule has 26 heavy (non-hydrogen) atoms. The molecule has 0 aromatic heterocycles. The summed E-state index contributed by atoms with van der Waals surface area (Å²) in [5.74, 6) is 0.313. The molecule has 1 unspecified atom stereocenters. The van der Waals surface area contributed by atoms with Crippen LogP contribution in [0.1, 0.15) is 12.8 Å². The monoisotopic (exact) mass is 383 g/mol. The minimum absolute atomic E-state index is 0.0307. The van der Waals surface area contributed by atoms with Gasteiger partial charge in [-0.15, -0.1) is 0 Å². The van der Waals surface area contributed by atoms with Gasteiger partial charge in [-0.2, -0.15) is 0 Å². The maximum atomic E-state index is 13.0. The first-order valence-corrected chi connectivity index (χ1v) is 10.9. The molecule has 0 radical (unpaired) electrons. The van der Waals surface area contributed by atoms with Gasteiger partial charge < -0.3 is 14.7 Å². The fourth-order valence-corrected chi connectivity index (χ4v) is 5.41. The first kappa shape index (κ1) is 19.1. The fourth-order valence-electron chi connectivity index (χ4n) is 3.60. The summed E-state index contributed by atoms with van der Waals surface area (Å²) in [5.41, 5.74) is 0.973. The van der Waals surface area contributed by atoms with E-state index in [4.69, 9.17) is 0 Å². The number of nitrogens with zero attached hydrogens (tertiary/aromatic N) is 3. The van der Waals surface area contributed by atoms with Crippen molar-refractivity contribution >= 4 is 21.4 Å². The average Bonchev–Trinajstić information content (AvgIpc) is 3.00. The van der Waals surface area contributed by atoms with Crippen LogP contribution in [0.4, 0.5) is 10.1 Å². The van der Waals surface area contributed by atoms with Gasteiger partial charge in [-0.25, -0.2) is 12.8 Å². The van der Waals surface area contributed by atoms with Gasteiger partial charge in [0.1, 0.15) is 5.82 Å². The topological polar surface area (TPSA) is 60.9 Å². The van der Waals surface area contributed by atoms with Crippen LogP contribution in [0.25, 0.3) is 0 Å². The number of sulfone groups is 1. The van der Waals surface area contributed by atoms with Gasteiger partial charge in [-0.3, -0.25) is 4.79 Å². The van der Waals surface area contributed by atoms with Crippen molar-refractivity contribution in [2.45, 2.75) is 18.9 Å². The number of halogens is 1. The third kappa shape index (κ3) is 4.73. The van der Waals surface area contributed by atoms with Gasteiger partial charge in [0.25, 0.3) is 0 Å². The van der Waals surface area contributed by atoms with E-state index in [1.54, 1.807) is 12.1 Å². The van der Waals surface area contributed by atoms with E-state index in [0.717, 1.165) is 18.8 Å². The van der Waals surface area contributed by atoms with E-state index in [1.165, 1.54) is 12.1 Å². The van der Waals surface area contributed by atoms with E-state index in [9.17, 15) is 17.6 Å². The summed E-state index contributed by atoms with van der Waals surface area (Å²) >= 11 is 0. The van der Waals surface area contributed by atoms with Crippen LogP contribution in [0.5, 0.6) is 0 Å². The smallest absolute Gasteiger partial charge is 0.223 e. The second-order valence-electron chi connectivity index (χ2n) is 7.13. The van der Waals surface area contributed by atoms with Gasteiger partial charge in [-0.1, -0.05) is 0 Å². The normalized spacial score (nSPS) is 22.8. The van der Waals surface area contributed by atoms with E-state index < -0.39 is 9.84 Å². The number of amides is 1. The highest BCUT2D eigenvalue weighted by molar-refractivity contribution is 7.91. The van der Waals surface area contributed by atoms with Gasteiger partial charge in [0, 0.05) is 50.9 Å². The minimum Gasteiger partial charge on any atom is -0.368 e. The molecule has 2 saturated heterocycles. The zero-order valence-corrected chi connectivity index (χ0v) is 15.9. The Balaban J connectivity index is 1.43. The van der Waals surface area contributed by atoms with E-state index >= 15 is 0 Å². The van der Waals surface area contributed by atoms with Crippen molar-refractivity contribution in [2.75, 3.05) is 56.2 Å². The lowest BCUT2D eigenvalue weighted by Gasteiger charge is -2.36. The highest BCUT2D eigenvalue weighted by atomic mass is 32.2. The van der Waals surface area contributed by atoms with Gasteiger partial charge in [0.15, 0.2) is 9.84 Å². The summed E-state index contributed by atoms with van der Waals surface area (Å²) in [7, 11) is -1.01. The molecule has 2 aliphatic heterocycles. The lowest BCUT2D eigenvalue weighted by molar-refractivity contribution is -0.131. The van der Waals surface area contributed by atoms with Gasteiger partial charge >= 0.3 is 0 Å². The summed E-state index contributed by atoms with van der Waals surface area (Å²) < 4.78 is 36.2. The zero-order valence-electron chi connectivity index (χ0n) is 15.1. The molecule has 1 atom stereocenters. The number of benzene rings is 1. The number of rotatable bonds is 5. The highest BCUT2D eigenvalue weighted by Gasteiger charge is 2.31. The lowest BCUT2D eigenvalue weighted by Crippen LogP contribution is -2.49. The molecule has 2 fully saturated rings. The first-order valence-electron chi connectivity index (χ1n) is 9.03. The molecule has 0 N–H and O–H groups in total. The molecule has 1 aromatic carbocycles. The third-order valence-electron chi connectivity index (χ3n) is 5.33. The van der Waals surface area contributed by atoms with E-state index in [0.29, 0.717) is 32.5 Å². The van der Waals surface area contributed by atoms with E-state index in [2.05, 4.69) is 4.90 Å². The summed E-state index contributed by atoms with van der Waals surface area (Å²) in [4.78, 5) is 18.5. The number of hydrogen-bond acceptors (Lipinski definition) is 5. The number of carbonyl (C=O) groups excluding carboxylic acids is 1. The van der Waals surface area contributed by atoms with Crippen molar-refractivity contribution in [1.29, 1.82) is 0 Å². The quantitative estimate of drug-likeness (QED) is 0.759. The van der Waals surface area contributed by atoms with Crippen LogP contribution in [-0.4, -0.2) is 81.4 Å². The largest absolute Gasteiger partial charge is 0.368 e. The maximum absolute atomic E-state index is 13.0. The van der Waals surface area contributed by atoms with Crippen molar-refractivity contribution in [3.63, 3.8) is 0 Å². The Morgan fingerprint density at radius 1 is 1.19 bits per heavy atom. The highest BCUT2D eigenvalue weighted by Crippen LogP contribution is 2.18. The van der Waals surface area contributed by atoms with Crippen LogP contribution in [0.15, 0.2) is 24.3 Å². The van der Waals surface area contributed by atoms with Gasteiger partial charge in [0.2, 0.25) is 5.91 Å². The standard InChI is InChI=1S/C18H26FN3O3S/c1-20(17-7-13-26(24,25)14-17)8-6-18(23)22-11-9-21(10-12-22)16-4-2-15(19)3-5-16/h2-5,17H,6-14H2,1H3. The van der Waals surface area contributed by atoms with Gasteiger partial charge in [0.05, 0.1) is 11.5 Å². The van der Waals surface area contributed by atoms with Crippen LogP contribution in [-0.2, 0) is 14.6 Å². The molecular weight excluding hydrogens is 357 g/mol. The molecule has 0 spiro atoms. The van der Waals surface area contributed by atoms with Crippen LogP contribution < -0.4 is 4.90 Å². The van der Waals surface area contributed by atoms with Crippen LogP contribution in [0.3, 0.4) is 0 Å². The summed E-state index contributed by atoms with van der Waals surface area (Å²) in [6.45, 7) is 3.34. The molecule has 2 aliphatic rings. The molecule has 0 aliphatic carbocycles. The average molecular weight is 383 g/mol. The molecule has 0 bridgehead atoms. The van der Waals surface area contributed by atoms with Crippen LogP contribution in [0, 0.1) is 5.82 Å². The van der Waals surface area contributed by atoms with E-state index in [1.807, 2.05) is 16.8 Å². The van der Waals surface area contributed by atoms with E-state index in [-0.39, 0.29) is 29.3 Å². The Kier molecular flexibility index (Phi) is 5.82. The summed E-state index contributed by atoms with van der Waals surface area (Å²) in [6, 6.07) is 6.45. The zero-order chi connectivity index (χ0) is 18.7. The summed E-state index contributed by atoms with van der Waals surface area (Å²) in [5, 5.41) is 0. The second-order valence-corrected chi connectivity index (χ2v) is 9.36. The SMILES string of the molecule is CN(CCC(=O)N1CCN(c2ccc(F)cc2)CC1)C1CCS(=O)(=O)C1. The second kappa shape index (κ2) is 7.92. The Labute approximate surface area is 154 Å². The molecule has 2 heterocycles. The minimum atomic E-state index is -2.90. The Morgan fingerprint density at radius 3 is 2.42 bits per heavy atom. The molecule has 144 valence electrons. The van der Waals surface area contributed by atoms with Gasteiger partial charge in [-0.05, 0) is 37.7 Å². The molecule has 0 saturated carbocycles. The number of anilines is 1. The van der Waals surface area contributed by atoms with Crippen LogP contribution >= 0.6 is 0 Å². The summed E-state index contributed by atoms with van der Waals surface area (Å²) in [6.07, 6.45) is 1.06.